The molecule has 3 aromatic rings. The lowest BCUT2D eigenvalue weighted by Gasteiger charge is -2.25. The molecule has 3 heterocycles. The lowest BCUT2D eigenvalue weighted by atomic mass is 10.0. The predicted octanol–water partition coefficient (Wildman–Crippen LogP) is 3.45. The number of amides is 1. The molecule has 120 valence electrons. The number of carbonyl (C=O) groups is 1. The molecule has 0 radical (unpaired) electrons. The fraction of sp³-hybridized carbons (Fsp3) is 0.211. The van der Waals surface area contributed by atoms with Crippen molar-refractivity contribution in [1.82, 2.24) is 20.1 Å². The third-order valence-electron chi connectivity index (χ3n) is 4.53. The molecule has 0 bridgehead atoms. The van der Waals surface area contributed by atoms with Gasteiger partial charge in [-0.3, -0.25) is 14.9 Å². The average molecular weight is 318 g/mol. The zero-order chi connectivity index (χ0) is 16.4. The molecule has 1 aliphatic rings. The first-order chi connectivity index (χ1) is 11.8. The van der Waals surface area contributed by atoms with E-state index in [2.05, 4.69) is 15.2 Å². The van der Waals surface area contributed by atoms with Gasteiger partial charge in [0.05, 0.1) is 17.9 Å². The van der Waals surface area contributed by atoms with E-state index in [1.165, 1.54) is 0 Å². The molecule has 1 N–H and O–H groups in total. The van der Waals surface area contributed by atoms with Gasteiger partial charge in [-0.05, 0) is 42.7 Å². The Balaban J connectivity index is 1.67. The van der Waals surface area contributed by atoms with Crippen LogP contribution in [0.15, 0.2) is 61.1 Å². The summed E-state index contributed by atoms with van der Waals surface area (Å²) in [5, 5.41) is 7.34. The maximum absolute atomic E-state index is 12.9. The number of hydrogen-bond donors (Lipinski definition) is 1. The molecule has 1 atom stereocenters. The molecule has 5 heteroatoms. The Morgan fingerprint density at radius 3 is 2.71 bits per heavy atom. The molecule has 0 saturated carbocycles. The smallest absolute Gasteiger partial charge is 0.254 e. The van der Waals surface area contributed by atoms with Crippen LogP contribution in [0.2, 0.25) is 0 Å². The zero-order valence-corrected chi connectivity index (χ0v) is 13.2. The lowest BCUT2D eigenvalue weighted by molar-refractivity contribution is 0.0733. The Morgan fingerprint density at radius 2 is 1.92 bits per heavy atom. The standard InChI is InChI=1S/C19H18N4O/c24-19(15-5-2-1-3-6-15)23-12-4-7-17(23)18-16(13-21-22-18)14-8-10-20-11-9-14/h1-3,5-6,8-11,13,17H,4,7,12H2,(H,21,22)/t17-/m0/s1. The molecule has 1 aliphatic heterocycles. The van der Waals surface area contributed by atoms with Crippen LogP contribution in [0.1, 0.15) is 34.9 Å². The van der Waals surface area contributed by atoms with E-state index in [0.29, 0.717) is 0 Å². The molecule has 1 aromatic carbocycles. The van der Waals surface area contributed by atoms with Crippen LogP contribution in [-0.4, -0.2) is 32.5 Å². The van der Waals surface area contributed by atoms with Crippen LogP contribution in [0.5, 0.6) is 0 Å². The van der Waals surface area contributed by atoms with Crippen LogP contribution in [0, 0.1) is 0 Å². The van der Waals surface area contributed by atoms with Gasteiger partial charge in [-0.25, -0.2) is 0 Å². The van der Waals surface area contributed by atoms with Crippen molar-refractivity contribution in [2.75, 3.05) is 6.54 Å². The summed E-state index contributed by atoms with van der Waals surface area (Å²) in [6, 6.07) is 13.4. The quantitative estimate of drug-likeness (QED) is 0.804. The second-order valence-electron chi connectivity index (χ2n) is 5.96. The summed E-state index contributed by atoms with van der Waals surface area (Å²) in [6.45, 7) is 0.771. The summed E-state index contributed by atoms with van der Waals surface area (Å²) < 4.78 is 0. The number of nitrogens with zero attached hydrogens (tertiary/aromatic N) is 3. The molecule has 1 amide bonds. The minimum Gasteiger partial charge on any atom is -0.330 e. The van der Waals surface area contributed by atoms with Crippen LogP contribution in [-0.2, 0) is 0 Å². The second-order valence-corrected chi connectivity index (χ2v) is 5.96. The van der Waals surface area contributed by atoms with E-state index in [4.69, 9.17) is 0 Å². The molecule has 4 rings (SSSR count). The summed E-state index contributed by atoms with van der Waals surface area (Å²) in [5.41, 5.74) is 3.83. The highest BCUT2D eigenvalue weighted by atomic mass is 16.2. The number of hydrogen-bond acceptors (Lipinski definition) is 3. The van der Waals surface area contributed by atoms with Crippen molar-refractivity contribution in [2.45, 2.75) is 18.9 Å². The van der Waals surface area contributed by atoms with Crippen molar-refractivity contribution in [3.8, 4) is 11.1 Å². The van der Waals surface area contributed by atoms with Crippen molar-refractivity contribution >= 4 is 5.91 Å². The van der Waals surface area contributed by atoms with Gasteiger partial charge < -0.3 is 4.90 Å². The van der Waals surface area contributed by atoms with E-state index >= 15 is 0 Å². The molecule has 1 saturated heterocycles. The first kappa shape index (κ1) is 14.6. The van der Waals surface area contributed by atoms with E-state index < -0.39 is 0 Å². The van der Waals surface area contributed by atoms with Gasteiger partial charge in [0.1, 0.15) is 0 Å². The molecular formula is C19H18N4O. The van der Waals surface area contributed by atoms with Crippen molar-refractivity contribution < 1.29 is 4.79 Å². The molecule has 1 fully saturated rings. The highest BCUT2D eigenvalue weighted by Crippen LogP contribution is 2.37. The minimum absolute atomic E-state index is 0.0309. The number of aromatic amines is 1. The summed E-state index contributed by atoms with van der Waals surface area (Å²) in [7, 11) is 0. The van der Waals surface area contributed by atoms with Crippen molar-refractivity contribution in [3.05, 3.63) is 72.3 Å². The van der Waals surface area contributed by atoms with Crippen molar-refractivity contribution in [1.29, 1.82) is 0 Å². The van der Waals surface area contributed by atoms with E-state index in [-0.39, 0.29) is 11.9 Å². The van der Waals surface area contributed by atoms with Gasteiger partial charge in [0.15, 0.2) is 0 Å². The SMILES string of the molecule is O=C(c1ccccc1)N1CCC[C@H]1c1[nH]ncc1-c1ccncc1. The number of carbonyl (C=O) groups excluding carboxylic acids is 1. The van der Waals surface area contributed by atoms with Gasteiger partial charge in [0, 0.05) is 30.1 Å². The fourth-order valence-corrected chi connectivity index (χ4v) is 3.37. The van der Waals surface area contributed by atoms with Crippen LogP contribution in [0.3, 0.4) is 0 Å². The highest BCUT2D eigenvalue weighted by molar-refractivity contribution is 5.94. The van der Waals surface area contributed by atoms with Crippen LogP contribution < -0.4 is 0 Å². The molecular weight excluding hydrogens is 300 g/mol. The van der Waals surface area contributed by atoms with E-state index in [1.54, 1.807) is 12.4 Å². The number of benzene rings is 1. The Morgan fingerprint density at radius 1 is 1.12 bits per heavy atom. The Labute approximate surface area is 140 Å². The molecule has 0 unspecified atom stereocenters. The number of H-pyrrole nitrogens is 1. The first-order valence-electron chi connectivity index (χ1n) is 8.14. The van der Waals surface area contributed by atoms with Crippen molar-refractivity contribution in [3.63, 3.8) is 0 Å². The van der Waals surface area contributed by atoms with Crippen LogP contribution in [0.25, 0.3) is 11.1 Å². The molecule has 2 aromatic heterocycles. The summed E-state index contributed by atoms with van der Waals surface area (Å²) in [5.74, 6) is 0.0772. The number of nitrogens with one attached hydrogen (secondary N) is 1. The van der Waals surface area contributed by atoms with Crippen molar-refractivity contribution in [2.24, 2.45) is 0 Å². The largest absolute Gasteiger partial charge is 0.330 e. The molecule has 5 nitrogen and oxygen atoms in total. The fourth-order valence-electron chi connectivity index (χ4n) is 3.37. The normalized spacial score (nSPS) is 17.2. The molecule has 24 heavy (non-hydrogen) atoms. The predicted molar refractivity (Wildman–Crippen MR) is 91.3 cm³/mol. The topological polar surface area (TPSA) is 61.9 Å². The molecule has 0 spiro atoms. The van der Waals surface area contributed by atoms with Gasteiger partial charge in [-0.1, -0.05) is 18.2 Å². The number of aromatic nitrogens is 3. The maximum atomic E-state index is 12.9. The second kappa shape index (κ2) is 6.28. The Kier molecular flexibility index (Phi) is 3.83. The summed E-state index contributed by atoms with van der Waals surface area (Å²) in [6.07, 6.45) is 7.31. The van der Waals surface area contributed by atoms with Gasteiger partial charge in [0.25, 0.3) is 5.91 Å². The van der Waals surface area contributed by atoms with E-state index in [0.717, 1.165) is 41.8 Å². The van der Waals surface area contributed by atoms with E-state index in [1.807, 2.05) is 53.6 Å². The van der Waals surface area contributed by atoms with Crippen LogP contribution in [0.4, 0.5) is 0 Å². The summed E-state index contributed by atoms with van der Waals surface area (Å²) in [4.78, 5) is 18.9. The van der Waals surface area contributed by atoms with Gasteiger partial charge >= 0.3 is 0 Å². The van der Waals surface area contributed by atoms with E-state index in [9.17, 15) is 4.79 Å². The molecule has 0 aliphatic carbocycles. The number of rotatable bonds is 3. The zero-order valence-electron chi connectivity index (χ0n) is 13.2. The third-order valence-corrected chi connectivity index (χ3v) is 4.53. The lowest BCUT2D eigenvalue weighted by Crippen LogP contribution is -2.31. The van der Waals surface area contributed by atoms with Crippen LogP contribution >= 0.6 is 0 Å². The monoisotopic (exact) mass is 318 g/mol. The first-order valence-corrected chi connectivity index (χ1v) is 8.14. The van der Waals surface area contributed by atoms with Gasteiger partial charge in [-0.15, -0.1) is 0 Å². The number of pyridine rings is 1. The minimum atomic E-state index is 0.0309. The Hall–Kier alpha value is -2.95. The third kappa shape index (κ3) is 2.58. The maximum Gasteiger partial charge on any atom is 0.254 e. The van der Waals surface area contributed by atoms with Gasteiger partial charge in [0.2, 0.25) is 0 Å². The Bertz CT molecular complexity index is 829. The average Bonchev–Trinajstić information content (AvgIpc) is 3.31. The summed E-state index contributed by atoms with van der Waals surface area (Å²) >= 11 is 0. The number of likely N-dealkylation sites (tertiary alicyclic amines) is 1. The highest BCUT2D eigenvalue weighted by Gasteiger charge is 2.33. The van der Waals surface area contributed by atoms with Gasteiger partial charge in [-0.2, -0.15) is 5.10 Å².